The van der Waals surface area contributed by atoms with E-state index in [-0.39, 0.29) is 0 Å². The maximum absolute atomic E-state index is 5.98. The Labute approximate surface area is 100 Å². The van der Waals surface area contributed by atoms with Gasteiger partial charge in [0.2, 0.25) is 0 Å². The number of para-hydroxylation sites is 1. The van der Waals surface area contributed by atoms with Gasteiger partial charge in [-0.1, -0.05) is 12.1 Å². The minimum Gasteiger partial charge on any atom is -0.397 e. The third-order valence-corrected chi connectivity index (χ3v) is 3.37. The molecule has 3 heteroatoms. The van der Waals surface area contributed by atoms with E-state index in [1.54, 1.807) is 11.3 Å². The molecule has 0 fully saturated rings. The molecule has 0 atom stereocenters. The smallest absolute Gasteiger partial charge is 0.0579 e. The summed E-state index contributed by atoms with van der Waals surface area (Å²) < 4.78 is 0. The van der Waals surface area contributed by atoms with Gasteiger partial charge in [0, 0.05) is 6.54 Å². The Balaban J connectivity index is 1.92. The summed E-state index contributed by atoms with van der Waals surface area (Å²) in [7, 11) is 0. The quantitative estimate of drug-likeness (QED) is 0.794. The predicted molar refractivity (Wildman–Crippen MR) is 72.1 cm³/mol. The molecule has 16 heavy (non-hydrogen) atoms. The Kier molecular flexibility index (Phi) is 3.47. The topological polar surface area (TPSA) is 38.0 Å². The van der Waals surface area contributed by atoms with Gasteiger partial charge in [-0.05, 0) is 47.4 Å². The van der Waals surface area contributed by atoms with E-state index < -0.39 is 0 Å². The lowest BCUT2D eigenvalue weighted by molar-refractivity contribution is 1.03. The van der Waals surface area contributed by atoms with Crippen molar-refractivity contribution in [2.45, 2.75) is 13.3 Å². The summed E-state index contributed by atoms with van der Waals surface area (Å²) in [4.78, 5) is 0. The summed E-state index contributed by atoms with van der Waals surface area (Å²) in [5.74, 6) is 0. The van der Waals surface area contributed by atoms with Crippen LogP contribution in [0.5, 0.6) is 0 Å². The molecule has 2 rings (SSSR count). The average Bonchev–Trinajstić information content (AvgIpc) is 2.77. The van der Waals surface area contributed by atoms with Crippen LogP contribution in [-0.4, -0.2) is 6.54 Å². The van der Waals surface area contributed by atoms with Gasteiger partial charge in [-0.3, -0.25) is 0 Å². The Morgan fingerprint density at radius 2 is 2.19 bits per heavy atom. The second kappa shape index (κ2) is 5.03. The van der Waals surface area contributed by atoms with Crippen molar-refractivity contribution >= 4 is 22.7 Å². The fourth-order valence-electron chi connectivity index (χ4n) is 1.61. The Morgan fingerprint density at radius 1 is 1.31 bits per heavy atom. The predicted octanol–water partition coefficient (Wildman–Crippen LogP) is 3.29. The number of nitrogens with two attached hydrogens (primary N) is 1. The lowest BCUT2D eigenvalue weighted by atomic mass is 10.1. The van der Waals surface area contributed by atoms with Crippen molar-refractivity contribution in [1.82, 2.24) is 0 Å². The van der Waals surface area contributed by atoms with E-state index in [0.717, 1.165) is 29.9 Å². The van der Waals surface area contributed by atoms with E-state index in [9.17, 15) is 0 Å². The van der Waals surface area contributed by atoms with Crippen LogP contribution in [0.4, 0.5) is 11.4 Å². The minimum atomic E-state index is 0.854. The third-order valence-electron chi connectivity index (χ3n) is 2.63. The molecule has 0 saturated carbocycles. The highest BCUT2D eigenvalue weighted by Crippen LogP contribution is 2.21. The number of rotatable bonds is 4. The summed E-state index contributed by atoms with van der Waals surface area (Å²) in [6.45, 7) is 2.95. The van der Waals surface area contributed by atoms with Crippen molar-refractivity contribution in [2.75, 3.05) is 17.6 Å². The molecule has 2 aromatic rings. The van der Waals surface area contributed by atoms with Crippen LogP contribution in [0.1, 0.15) is 11.1 Å². The molecule has 1 heterocycles. The van der Waals surface area contributed by atoms with E-state index in [0.29, 0.717) is 0 Å². The highest BCUT2D eigenvalue weighted by Gasteiger charge is 2.00. The van der Waals surface area contributed by atoms with Crippen LogP contribution in [0.3, 0.4) is 0 Å². The lowest BCUT2D eigenvalue weighted by Gasteiger charge is -2.10. The summed E-state index contributed by atoms with van der Waals surface area (Å²) in [5.41, 5.74) is 10.4. The third kappa shape index (κ3) is 2.55. The van der Waals surface area contributed by atoms with Crippen molar-refractivity contribution < 1.29 is 0 Å². The summed E-state index contributed by atoms with van der Waals surface area (Å²) in [6.07, 6.45) is 1.04. The van der Waals surface area contributed by atoms with Gasteiger partial charge in [-0.15, -0.1) is 0 Å². The number of nitrogens with one attached hydrogen (secondary N) is 1. The van der Waals surface area contributed by atoms with E-state index in [1.165, 1.54) is 5.56 Å². The van der Waals surface area contributed by atoms with Crippen LogP contribution in [0.2, 0.25) is 0 Å². The zero-order valence-corrected chi connectivity index (χ0v) is 10.2. The molecule has 1 aromatic heterocycles. The molecule has 3 N–H and O–H groups in total. The molecule has 0 aliphatic heterocycles. The molecular formula is C13H16N2S. The zero-order chi connectivity index (χ0) is 11.4. The maximum Gasteiger partial charge on any atom is 0.0579 e. The summed E-state index contributed by atoms with van der Waals surface area (Å²) >= 11 is 1.74. The van der Waals surface area contributed by atoms with Gasteiger partial charge < -0.3 is 11.1 Å². The molecule has 0 aliphatic carbocycles. The number of thiophene rings is 1. The molecular weight excluding hydrogens is 216 g/mol. The summed E-state index contributed by atoms with van der Waals surface area (Å²) in [6, 6.07) is 8.24. The lowest BCUT2D eigenvalue weighted by Crippen LogP contribution is -2.07. The van der Waals surface area contributed by atoms with Crippen LogP contribution in [-0.2, 0) is 6.42 Å². The maximum atomic E-state index is 5.98. The van der Waals surface area contributed by atoms with Gasteiger partial charge in [0.25, 0.3) is 0 Å². The van der Waals surface area contributed by atoms with Crippen LogP contribution >= 0.6 is 11.3 Å². The van der Waals surface area contributed by atoms with E-state index in [4.69, 9.17) is 5.73 Å². The van der Waals surface area contributed by atoms with Crippen molar-refractivity contribution in [3.05, 3.63) is 46.2 Å². The average molecular weight is 232 g/mol. The second-order valence-corrected chi connectivity index (χ2v) is 4.62. The van der Waals surface area contributed by atoms with Gasteiger partial charge in [-0.2, -0.15) is 11.3 Å². The number of hydrogen-bond acceptors (Lipinski definition) is 3. The molecule has 2 nitrogen and oxygen atoms in total. The Hall–Kier alpha value is -1.48. The summed E-state index contributed by atoms with van der Waals surface area (Å²) in [5, 5.41) is 7.66. The SMILES string of the molecule is Cc1cccc(NCCc2ccsc2)c1N. The van der Waals surface area contributed by atoms with E-state index in [1.807, 2.05) is 25.1 Å². The minimum absolute atomic E-state index is 0.854. The Morgan fingerprint density at radius 3 is 2.94 bits per heavy atom. The first-order chi connectivity index (χ1) is 7.77. The van der Waals surface area contributed by atoms with Crippen LogP contribution in [0, 0.1) is 6.92 Å². The van der Waals surface area contributed by atoms with E-state index in [2.05, 4.69) is 22.1 Å². The fourth-order valence-corrected chi connectivity index (χ4v) is 2.31. The van der Waals surface area contributed by atoms with Gasteiger partial charge in [0.15, 0.2) is 0 Å². The van der Waals surface area contributed by atoms with Crippen LogP contribution < -0.4 is 11.1 Å². The fraction of sp³-hybridized carbons (Fsp3) is 0.231. The standard InChI is InChI=1S/C13H16N2S/c1-10-3-2-4-12(13(10)14)15-7-5-11-6-8-16-9-11/h2-4,6,8-9,15H,5,7,14H2,1H3. The monoisotopic (exact) mass is 232 g/mol. The largest absolute Gasteiger partial charge is 0.397 e. The second-order valence-electron chi connectivity index (χ2n) is 3.84. The molecule has 0 spiro atoms. The number of benzene rings is 1. The van der Waals surface area contributed by atoms with Crippen molar-refractivity contribution in [3.8, 4) is 0 Å². The number of anilines is 2. The molecule has 0 bridgehead atoms. The molecule has 0 unspecified atom stereocenters. The van der Waals surface area contributed by atoms with Gasteiger partial charge in [-0.25, -0.2) is 0 Å². The molecule has 0 saturated heterocycles. The van der Waals surface area contributed by atoms with Crippen molar-refractivity contribution in [2.24, 2.45) is 0 Å². The zero-order valence-electron chi connectivity index (χ0n) is 9.36. The molecule has 0 aliphatic rings. The first-order valence-corrected chi connectivity index (χ1v) is 6.31. The van der Waals surface area contributed by atoms with Crippen LogP contribution in [0.25, 0.3) is 0 Å². The molecule has 0 radical (unpaired) electrons. The van der Waals surface area contributed by atoms with Gasteiger partial charge >= 0.3 is 0 Å². The van der Waals surface area contributed by atoms with Gasteiger partial charge in [0.1, 0.15) is 0 Å². The Bertz CT molecular complexity index is 449. The number of aryl methyl sites for hydroxylation is 1. The van der Waals surface area contributed by atoms with Crippen LogP contribution in [0.15, 0.2) is 35.0 Å². The van der Waals surface area contributed by atoms with Gasteiger partial charge in [0.05, 0.1) is 11.4 Å². The van der Waals surface area contributed by atoms with E-state index >= 15 is 0 Å². The molecule has 0 amide bonds. The molecule has 1 aromatic carbocycles. The highest BCUT2D eigenvalue weighted by atomic mass is 32.1. The molecule has 84 valence electrons. The normalized spacial score (nSPS) is 10.3. The number of nitrogen functional groups attached to an aromatic ring is 1. The highest BCUT2D eigenvalue weighted by molar-refractivity contribution is 7.07. The first-order valence-electron chi connectivity index (χ1n) is 5.37. The first kappa shape index (κ1) is 11.0. The van der Waals surface area contributed by atoms with Crippen molar-refractivity contribution in [1.29, 1.82) is 0 Å². The van der Waals surface area contributed by atoms with Crippen molar-refractivity contribution in [3.63, 3.8) is 0 Å². The number of hydrogen-bond donors (Lipinski definition) is 2.